The number of hydrogen-bond donors (Lipinski definition) is 1. The average molecular weight is 334 g/mol. The van der Waals surface area contributed by atoms with E-state index in [1.807, 2.05) is 15.9 Å². The number of nitrogens with one attached hydrogen (secondary N) is 1. The van der Waals surface area contributed by atoms with Gasteiger partial charge in [0.15, 0.2) is 0 Å². The Balaban J connectivity index is 2.22. The summed E-state index contributed by atoms with van der Waals surface area (Å²) in [4.78, 5) is 11.2. The fourth-order valence-corrected chi connectivity index (χ4v) is 3.10. The van der Waals surface area contributed by atoms with E-state index in [0.717, 1.165) is 18.4 Å². The summed E-state index contributed by atoms with van der Waals surface area (Å²) in [5.74, 6) is 0.541. The molecule has 1 saturated carbocycles. The first kappa shape index (κ1) is 18.4. The van der Waals surface area contributed by atoms with Gasteiger partial charge in [0.25, 0.3) is 0 Å². The Morgan fingerprint density at radius 2 is 1.96 bits per heavy atom. The van der Waals surface area contributed by atoms with Crippen LogP contribution in [0.5, 0.6) is 0 Å². The van der Waals surface area contributed by atoms with E-state index >= 15 is 0 Å². The summed E-state index contributed by atoms with van der Waals surface area (Å²) in [5, 5.41) is 18.2. The van der Waals surface area contributed by atoms with Crippen LogP contribution in [0.2, 0.25) is 0 Å². The van der Waals surface area contributed by atoms with Crippen LogP contribution in [0.3, 0.4) is 0 Å². The van der Waals surface area contributed by atoms with Crippen LogP contribution in [0, 0.1) is 0 Å². The van der Waals surface area contributed by atoms with Gasteiger partial charge in [-0.3, -0.25) is 14.5 Å². The molecule has 134 valence electrons. The Bertz CT molecular complexity index is 564. The molecule has 0 radical (unpaired) electrons. The van der Waals surface area contributed by atoms with Crippen molar-refractivity contribution in [3.8, 4) is 0 Å². The van der Waals surface area contributed by atoms with Gasteiger partial charge in [0, 0.05) is 37.3 Å². The summed E-state index contributed by atoms with van der Waals surface area (Å²) in [6.45, 7) is 10.3. The highest BCUT2D eigenvalue weighted by Crippen LogP contribution is 2.31. The molecule has 0 unspecified atom stereocenters. The predicted molar refractivity (Wildman–Crippen MR) is 93.9 cm³/mol. The van der Waals surface area contributed by atoms with E-state index < -0.39 is 0 Å². The van der Waals surface area contributed by atoms with Crippen molar-refractivity contribution in [2.45, 2.75) is 85.0 Å². The third-order valence-electron chi connectivity index (χ3n) is 4.31. The molecule has 0 spiro atoms. The van der Waals surface area contributed by atoms with Crippen LogP contribution in [-0.2, 0) is 11.3 Å². The molecule has 7 heteroatoms. The summed E-state index contributed by atoms with van der Waals surface area (Å²) in [5.41, 5.74) is 0.910. The summed E-state index contributed by atoms with van der Waals surface area (Å²) in [7, 11) is 0. The molecule has 0 atom stereocenters. The standard InChI is InChI=1S/C17H30N6O/c1-12(2)23(13(3)4)21-19-17-15(10-18-14(5)24)11-22(20-17)16-8-6-7-9-16/h11-13,16H,6-10H2,1-5H3,(H,18,24). The lowest BCUT2D eigenvalue weighted by atomic mass is 10.2. The van der Waals surface area contributed by atoms with Crippen molar-refractivity contribution < 1.29 is 4.79 Å². The molecule has 1 heterocycles. The Kier molecular flexibility index (Phi) is 6.34. The first-order valence-corrected chi connectivity index (χ1v) is 8.91. The van der Waals surface area contributed by atoms with Gasteiger partial charge in [0.2, 0.25) is 11.7 Å². The molecule has 1 aliphatic rings. The maximum Gasteiger partial charge on any atom is 0.217 e. The van der Waals surface area contributed by atoms with Crippen LogP contribution in [0.4, 0.5) is 5.82 Å². The minimum Gasteiger partial charge on any atom is -0.352 e. The van der Waals surface area contributed by atoms with Crippen molar-refractivity contribution in [3.05, 3.63) is 11.8 Å². The number of carbonyl (C=O) groups excluding carboxylic acids is 1. The normalized spacial score (nSPS) is 15.8. The van der Waals surface area contributed by atoms with Gasteiger partial charge in [0.05, 0.1) is 6.04 Å². The number of aromatic nitrogens is 2. The molecule has 24 heavy (non-hydrogen) atoms. The second kappa shape index (κ2) is 8.26. The van der Waals surface area contributed by atoms with Crippen molar-refractivity contribution in [2.24, 2.45) is 10.3 Å². The van der Waals surface area contributed by atoms with Gasteiger partial charge in [-0.05, 0) is 40.5 Å². The molecule has 1 fully saturated rings. The number of nitrogens with zero attached hydrogens (tertiary/aromatic N) is 5. The topological polar surface area (TPSA) is 74.9 Å². The molecule has 0 saturated heterocycles. The molecular formula is C17H30N6O. The van der Waals surface area contributed by atoms with Gasteiger partial charge >= 0.3 is 0 Å². The number of amides is 1. The van der Waals surface area contributed by atoms with Crippen LogP contribution < -0.4 is 5.32 Å². The summed E-state index contributed by atoms with van der Waals surface area (Å²) in [6, 6.07) is 0.977. The van der Waals surface area contributed by atoms with Crippen LogP contribution in [-0.4, -0.2) is 32.8 Å². The maximum absolute atomic E-state index is 11.2. The monoisotopic (exact) mass is 334 g/mol. The fourth-order valence-electron chi connectivity index (χ4n) is 3.10. The Labute approximate surface area is 144 Å². The SMILES string of the molecule is CC(=O)NCc1cn(C2CCCC2)nc1N=NN(C(C)C)C(C)C. The van der Waals surface area contributed by atoms with Crippen molar-refractivity contribution in [2.75, 3.05) is 0 Å². The molecule has 1 N–H and O–H groups in total. The number of carbonyl (C=O) groups is 1. The van der Waals surface area contributed by atoms with Crippen LogP contribution >= 0.6 is 0 Å². The minimum atomic E-state index is -0.0579. The Morgan fingerprint density at radius 3 is 2.50 bits per heavy atom. The second-order valence-corrected chi connectivity index (χ2v) is 7.06. The third-order valence-corrected chi connectivity index (χ3v) is 4.31. The van der Waals surface area contributed by atoms with Gasteiger partial charge in [0.1, 0.15) is 0 Å². The molecular weight excluding hydrogens is 304 g/mol. The highest BCUT2D eigenvalue weighted by molar-refractivity contribution is 5.72. The zero-order chi connectivity index (χ0) is 17.7. The molecule has 0 bridgehead atoms. The second-order valence-electron chi connectivity index (χ2n) is 7.06. The molecule has 7 nitrogen and oxygen atoms in total. The van der Waals surface area contributed by atoms with E-state index in [2.05, 4.69) is 48.4 Å². The molecule has 2 rings (SSSR count). The van der Waals surface area contributed by atoms with Gasteiger partial charge in [-0.25, -0.2) is 0 Å². The molecule has 1 aliphatic carbocycles. The van der Waals surface area contributed by atoms with Crippen LogP contribution in [0.15, 0.2) is 16.5 Å². The van der Waals surface area contributed by atoms with Crippen LogP contribution in [0.25, 0.3) is 0 Å². The summed E-state index contributed by atoms with van der Waals surface area (Å²) < 4.78 is 2.01. The lowest BCUT2D eigenvalue weighted by Gasteiger charge is -2.25. The van der Waals surface area contributed by atoms with E-state index in [9.17, 15) is 4.79 Å². The van der Waals surface area contributed by atoms with Gasteiger partial charge < -0.3 is 5.32 Å². The van der Waals surface area contributed by atoms with Gasteiger partial charge in [-0.1, -0.05) is 18.1 Å². The number of rotatable bonds is 7. The molecule has 0 aliphatic heterocycles. The first-order valence-electron chi connectivity index (χ1n) is 8.91. The minimum absolute atomic E-state index is 0.0579. The Morgan fingerprint density at radius 1 is 1.33 bits per heavy atom. The van der Waals surface area contributed by atoms with Crippen molar-refractivity contribution in [1.29, 1.82) is 0 Å². The average Bonchev–Trinajstić information content (AvgIpc) is 3.13. The largest absolute Gasteiger partial charge is 0.352 e. The summed E-state index contributed by atoms with van der Waals surface area (Å²) in [6.07, 6.45) is 6.81. The van der Waals surface area contributed by atoms with Gasteiger partial charge in [-0.2, -0.15) is 5.10 Å². The quantitative estimate of drug-likeness (QED) is 0.609. The third kappa shape index (κ3) is 4.79. The zero-order valence-corrected chi connectivity index (χ0v) is 15.5. The van der Waals surface area contributed by atoms with Crippen molar-refractivity contribution >= 4 is 11.7 Å². The smallest absolute Gasteiger partial charge is 0.217 e. The van der Waals surface area contributed by atoms with E-state index in [-0.39, 0.29) is 18.0 Å². The molecule has 0 aromatic carbocycles. The highest BCUT2D eigenvalue weighted by atomic mass is 16.1. The lowest BCUT2D eigenvalue weighted by molar-refractivity contribution is -0.119. The van der Waals surface area contributed by atoms with E-state index in [1.165, 1.54) is 19.8 Å². The van der Waals surface area contributed by atoms with E-state index in [0.29, 0.717) is 18.4 Å². The number of hydrogen-bond acceptors (Lipinski definition) is 4. The van der Waals surface area contributed by atoms with Crippen LogP contribution in [0.1, 0.15) is 71.9 Å². The van der Waals surface area contributed by atoms with Gasteiger partial charge in [-0.15, -0.1) is 5.11 Å². The van der Waals surface area contributed by atoms with Crippen molar-refractivity contribution in [1.82, 2.24) is 20.1 Å². The Hall–Kier alpha value is -1.92. The van der Waals surface area contributed by atoms with Crippen molar-refractivity contribution in [3.63, 3.8) is 0 Å². The molecule has 1 aromatic rings. The maximum atomic E-state index is 11.2. The zero-order valence-electron chi connectivity index (χ0n) is 15.5. The molecule has 1 aromatic heterocycles. The molecule has 1 amide bonds. The summed E-state index contributed by atoms with van der Waals surface area (Å²) >= 11 is 0. The highest BCUT2D eigenvalue weighted by Gasteiger charge is 2.20. The lowest BCUT2D eigenvalue weighted by Crippen LogP contribution is -2.31. The van der Waals surface area contributed by atoms with E-state index in [1.54, 1.807) is 0 Å². The fraction of sp³-hybridized carbons (Fsp3) is 0.765. The first-order chi connectivity index (χ1) is 11.4. The van der Waals surface area contributed by atoms with E-state index in [4.69, 9.17) is 0 Å². The predicted octanol–water partition coefficient (Wildman–Crippen LogP) is 3.75.